The molecule has 100 valence electrons. The Bertz CT molecular complexity index is 277. The molecule has 0 aromatic rings. The van der Waals surface area contributed by atoms with E-state index in [2.05, 4.69) is 5.32 Å². The summed E-state index contributed by atoms with van der Waals surface area (Å²) < 4.78 is 0. The predicted octanol–water partition coefficient (Wildman–Crippen LogP) is 1.93. The summed E-state index contributed by atoms with van der Waals surface area (Å²) in [5.74, 6) is -0.913. The lowest BCUT2D eigenvalue weighted by atomic mass is 9.94. The number of nitrogens with zero attached hydrogens (tertiary/aromatic N) is 1. The van der Waals surface area contributed by atoms with Crippen LogP contribution in [0.5, 0.6) is 0 Å². The fourth-order valence-electron chi connectivity index (χ4n) is 1.35. The Morgan fingerprint density at radius 1 is 1.35 bits per heavy atom. The highest BCUT2D eigenvalue weighted by atomic mass is 16.4. The molecule has 1 unspecified atom stereocenters. The molecular formula is C12H24N2O3. The quantitative estimate of drug-likeness (QED) is 0.750. The first-order valence-electron chi connectivity index (χ1n) is 6.04. The highest BCUT2D eigenvalue weighted by Crippen LogP contribution is 2.13. The first kappa shape index (κ1) is 15.7. The van der Waals surface area contributed by atoms with Crippen molar-refractivity contribution in [2.45, 2.75) is 47.1 Å². The van der Waals surface area contributed by atoms with E-state index in [4.69, 9.17) is 5.11 Å². The summed E-state index contributed by atoms with van der Waals surface area (Å²) in [6, 6.07) is -0.0379. The lowest BCUT2D eigenvalue weighted by molar-refractivity contribution is -0.146. The number of aliphatic carboxylic acids is 1. The van der Waals surface area contributed by atoms with E-state index in [9.17, 15) is 9.59 Å². The number of urea groups is 1. The smallest absolute Gasteiger partial charge is 0.317 e. The molecule has 2 N–H and O–H groups in total. The third kappa shape index (κ3) is 4.63. The van der Waals surface area contributed by atoms with Gasteiger partial charge in [-0.2, -0.15) is 0 Å². The molecular weight excluding hydrogens is 220 g/mol. The second kappa shape index (κ2) is 6.47. The highest BCUT2D eigenvalue weighted by Gasteiger charge is 2.28. The Labute approximate surface area is 103 Å². The van der Waals surface area contributed by atoms with Crippen LogP contribution in [0.25, 0.3) is 0 Å². The molecule has 0 bridgehead atoms. The standard InChI is InChI=1S/C12H24N2O3/c1-6-9(3)14(7-2)11(17)13-8-12(4,5)10(15)16/h9H,6-8H2,1-5H3,(H,13,17)(H,15,16). The average Bonchev–Trinajstić information content (AvgIpc) is 2.26. The summed E-state index contributed by atoms with van der Waals surface area (Å²) in [5, 5.41) is 11.6. The predicted molar refractivity (Wildman–Crippen MR) is 66.9 cm³/mol. The van der Waals surface area contributed by atoms with Crippen LogP contribution >= 0.6 is 0 Å². The molecule has 1 atom stereocenters. The molecule has 0 spiro atoms. The molecule has 0 fully saturated rings. The number of carbonyl (C=O) groups is 2. The van der Waals surface area contributed by atoms with Gasteiger partial charge in [0, 0.05) is 19.1 Å². The summed E-state index contributed by atoms with van der Waals surface area (Å²) in [6.07, 6.45) is 0.879. The van der Waals surface area contributed by atoms with E-state index < -0.39 is 11.4 Å². The topological polar surface area (TPSA) is 69.6 Å². The van der Waals surface area contributed by atoms with E-state index in [1.165, 1.54) is 0 Å². The van der Waals surface area contributed by atoms with Gasteiger partial charge in [-0.3, -0.25) is 4.79 Å². The van der Waals surface area contributed by atoms with E-state index in [-0.39, 0.29) is 18.6 Å². The zero-order valence-corrected chi connectivity index (χ0v) is 11.4. The molecule has 0 heterocycles. The molecule has 2 amide bonds. The number of carbonyl (C=O) groups excluding carboxylic acids is 1. The zero-order chi connectivity index (χ0) is 13.6. The van der Waals surface area contributed by atoms with Gasteiger partial charge in [0.25, 0.3) is 0 Å². The number of carboxylic acids is 1. The monoisotopic (exact) mass is 244 g/mol. The first-order valence-corrected chi connectivity index (χ1v) is 6.04. The Kier molecular flexibility index (Phi) is 5.99. The van der Waals surface area contributed by atoms with Gasteiger partial charge in [0.15, 0.2) is 0 Å². The summed E-state index contributed by atoms with van der Waals surface area (Å²) in [7, 11) is 0. The lowest BCUT2D eigenvalue weighted by Gasteiger charge is -2.29. The number of rotatable bonds is 6. The van der Waals surface area contributed by atoms with Gasteiger partial charge in [-0.15, -0.1) is 0 Å². The number of amides is 2. The third-order valence-electron chi connectivity index (χ3n) is 2.98. The number of hydrogen-bond donors (Lipinski definition) is 2. The van der Waals surface area contributed by atoms with Crippen molar-refractivity contribution in [1.82, 2.24) is 10.2 Å². The molecule has 0 saturated heterocycles. The van der Waals surface area contributed by atoms with Crippen molar-refractivity contribution >= 4 is 12.0 Å². The SMILES string of the molecule is CCC(C)N(CC)C(=O)NCC(C)(C)C(=O)O. The van der Waals surface area contributed by atoms with Gasteiger partial charge >= 0.3 is 12.0 Å². The summed E-state index contributed by atoms with van der Waals surface area (Å²) >= 11 is 0. The van der Waals surface area contributed by atoms with Crippen LogP contribution < -0.4 is 5.32 Å². The Morgan fingerprint density at radius 2 is 1.88 bits per heavy atom. The second-order valence-corrected chi connectivity index (χ2v) is 4.89. The van der Waals surface area contributed by atoms with E-state index >= 15 is 0 Å². The van der Waals surface area contributed by atoms with Crippen LogP contribution in [0.4, 0.5) is 4.79 Å². The van der Waals surface area contributed by atoms with Gasteiger partial charge in [-0.05, 0) is 34.1 Å². The van der Waals surface area contributed by atoms with Crippen LogP contribution in [0.1, 0.15) is 41.0 Å². The molecule has 0 radical (unpaired) electrons. The van der Waals surface area contributed by atoms with Crippen LogP contribution in [0, 0.1) is 5.41 Å². The van der Waals surface area contributed by atoms with E-state index in [0.29, 0.717) is 6.54 Å². The Balaban J connectivity index is 4.39. The molecule has 0 saturated carbocycles. The van der Waals surface area contributed by atoms with Gasteiger partial charge in [0.1, 0.15) is 0 Å². The molecule has 0 rings (SSSR count). The molecule has 5 heteroatoms. The van der Waals surface area contributed by atoms with E-state index in [1.807, 2.05) is 20.8 Å². The van der Waals surface area contributed by atoms with Crippen molar-refractivity contribution in [2.24, 2.45) is 5.41 Å². The largest absolute Gasteiger partial charge is 0.481 e. The zero-order valence-electron chi connectivity index (χ0n) is 11.4. The van der Waals surface area contributed by atoms with Gasteiger partial charge in [0.2, 0.25) is 0 Å². The van der Waals surface area contributed by atoms with Crippen LogP contribution in [-0.4, -0.2) is 41.1 Å². The fourth-order valence-corrected chi connectivity index (χ4v) is 1.35. The van der Waals surface area contributed by atoms with Crippen molar-refractivity contribution in [3.05, 3.63) is 0 Å². The van der Waals surface area contributed by atoms with Crippen molar-refractivity contribution in [2.75, 3.05) is 13.1 Å². The minimum Gasteiger partial charge on any atom is -0.481 e. The van der Waals surface area contributed by atoms with Gasteiger partial charge in [0.05, 0.1) is 5.41 Å². The molecule has 0 aromatic carbocycles. The molecule has 0 aliphatic rings. The van der Waals surface area contributed by atoms with Gasteiger partial charge in [-0.25, -0.2) is 4.79 Å². The van der Waals surface area contributed by atoms with Crippen LogP contribution in [-0.2, 0) is 4.79 Å². The van der Waals surface area contributed by atoms with Gasteiger partial charge in [-0.1, -0.05) is 6.92 Å². The maximum atomic E-state index is 11.9. The number of hydrogen-bond acceptors (Lipinski definition) is 2. The van der Waals surface area contributed by atoms with E-state index in [1.54, 1.807) is 18.7 Å². The van der Waals surface area contributed by atoms with Crippen molar-refractivity contribution in [1.29, 1.82) is 0 Å². The fraction of sp³-hybridized carbons (Fsp3) is 0.833. The number of nitrogens with one attached hydrogen (secondary N) is 1. The summed E-state index contributed by atoms with van der Waals surface area (Å²) in [4.78, 5) is 24.5. The van der Waals surface area contributed by atoms with E-state index in [0.717, 1.165) is 6.42 Å². The summed E-state index contributed by atoms with van der Waals surface area (Å²) in [5.41, 5.74) is -0.940. The number of carboxylic acid groups (broad SMARTS) is 1. The van der Waals surface area contributed by atoms with Gasteiger partial charge < -0.3 is 15.3 Å². The molecule has 0 aromatic heterocycles. The maximum absolute atomic E-state index is 11.9. The lowest BCUT2D eigenvalue weighted by Crippen LogP contribution is -2.48. The first-order chi connectivity index (χ1) is 7.76. The minimum absolute atomic E-state index is 0.133. The normalized spacial score (nSPS) is 13.0. The molecule has 17 heavy (non-hydrogen) atoms. The Morgan fingerprint density at radius 3 is 2.24 bits per heavy atom. The molecule has 5 nitrogen and oxygen atoms in total. The van der Waals surface area contributed by atoms with Crippen LogP contribution in [0.15, 0.2) is 0 Å². The maximum Gasteiger partial charge on any atom is 0.317 e. The average molecular weight is 244 g/mol. The van der Waals surface area contributed by atoms with Crippen molar-refractivity contribution < 1.29 is 14.7 Å². The molecule has 0 aliphatic carbocycles. The molecule has 0 aliphatic heterocycles. The second-order valence-electron chi connectivity index (χ2n) is 4.89. The van der Waals surface area contributed by atoms with Crippen molar-refractivity contribution in [3.8, 4) is 0 Å². The Hall–Kier alpha value is -1.26. The summed E-state index contributed by atoms with van der Waals surface area (Å²) in [6.45, 7) is 9.84. The third-order valence-corrected chi connectivity index (χ3v) is 2.98. The highest BCUT2D eigenvalue weighted by molar-refractivity contribution is 5.77. The van der Waals surface area contributed by atoms with Crippen LogP contribution in [0.3, 0.4) is 0 Å². The van der Waals surface area contributed by atoms with Crippen LogP contribution in [0.2, 0.25) is 0 Å². The van der Waals surface area contributed by atoms with Crippen molar-refractivity contribution in [3.63, 3.8) is 0 Å². The minimum atomic E-state index is -0.940.